The molecule has 1 aliphatic heterocycles. The van der Waals surface area contributed by atoms with E-state index < -0.39 is 5.60 Å². The third-order valence-corrected chi connectivity index (χ3v) is 6.31. The van der Waals surface area contributed by atoms with Crippen LogP contribution in [0.2, 0.25) is 0 Å². The number of likely N-dealkylation sites (tertiary alicyclic amines) is 1. The largest absolute Gasteiger partial charge is 0.389 e. The Balaban J connectivity index is 1.91. The van der Waals surface area contributed by atoms with Gasteiger partial charge in [-0.2, -0.15) is 5.26 Å². The number of aliphatic hydroxyl groups is 1. The van der Waals surface area contributed by atoms with Crippen LogP contribution in [-0.4, -0.2) is 41.8 Å². The molecule has 25 heavy (non-hydrogen) atoms. The molecule has 1 saturated carbocycles. The van der Waals surface area contributed by atoms with Crippen molar-refractivity contribution in [1.82, 2.24) is 4.90 Å². The predicted molar refractivity (Wildman–Crippen MR) is 101 cm³/mol. The molecule has 1 aromatic carbocycles. The Labute approximate surface area is 152 Å². The van der Waals surface area contributed by atoms with Crippen LogP contribution in [0, 0.1) is 17.2 Å². The summed E-state index contributed by atoms with van der Waals surface area (Å²) in [6.07, 6.45) is 5.07. The van der Waals surface area contributed by atoms with Crippen molar-refractivity contribution in [2.24, 2.45) is 5.92 Å². The summed E-state index contributed by atoms with van der Waals surface area (Å²) < 4.78 is 0. The van der Waals surface area contributed by atoms with Crippen LogP contribution < -0.4 is 4.90 Å². The molecule has 2 aliphatic rings. The van der Waals surface area contributed by atoms with Crippen molar-refractivity contribution in [3.8, 4) is 6.07 Å². The van der Waals surface area contributed by atoms with Crippen molar-refractivity contribution >= 4 is 5.69 Å². The number of benzene rings is 1. The maximum atomic E-state index is 11.2. The van der Waals surface area contributed by atoms with Gasteiger partial charge in [0, 0.05) is 37.3 Å². The number of piperidine rings is 1. The van der Waals surface area contributed by atoms with Gasteiger partial charge < -0.3 is 10.0 Å². The van der Waals surface area contributed by atoms with Gasteiger partial charge in [0.15, 0.2) is 0 Å². The second-order valence-electron chi connectivity index (χ2n) is 7.54. The molecule has 1 heterocycles. The number of nitrogens with zero attached hydrogens (tertiary/aromatic N) is 3. The zero-order valence-corrected chi connectivity index (χ0v) is 15.6. The SMILES string of the molecule is CCN(CC)c1ccc([C@@H]2[C@@H]3CCCC[C@]3(O)CCN2CC#N)cc1. The molecule has 3 rings (SSSR count). The second kappa shape index (κ2) is 7.76. The predicted octanol–water partition coefficient (Wildman–Crippen LogP) is 3.72. The van der Waals surface area contributed by atoms with Crippen LogP contribution >= 0.6 is 0 Å². The summed E-state index contributed by atoms with van der Waals surface area (Å²) in [5, 5.41) is 20.5. The van der Waals surface area contributed by atoms with Gasteiger partial charge in [-0.05, 0) is 50.8 Å². The molecule has 0 amide bonds. The smallest absolute Gasteiger partial charge is 0.0871 e. The van der Waals surface area contributed by atoms with E-state index in [2.05, 4.69) is 54.0 Å². The van der Waals surface area contributed by atoms with Gasteiger partial charge in [0.05, 0.1) is 18.2 Å². The molecule has 0 bridgehead atoms. The topological polar surface area (TPSA) is 50.5 Å². The summed E-state index contributed by atoms with van der Waals surface area (Å²) >= 11 is 0. The van der Waals surface area contributed by atoms with Crippen LogP contribution in [0.25, 0.3) is 0 Å². The van der Waals surface area contributed by atoms with Crippen molar-refractivity contribution in [3.63, 3.8) is 0 Å². The average Bonchev–Trinajstić information content (AvgIpc) is 2.64. The van der Waals surface area contributed by atoms with E-state index in [0.717, 1.165) is 45.3 Å². The fourth-order valence-corrected chi connectivity index (χ4v) is 4.92. The van der Waals surface area contributed by atoms with Gasteiger partial charge in [-0.25, -0.2) is 0 Å². The molecule has 0 unspecified atom stereocenters. The van der Waals surface area contributed by atoms with Crippen LogP contribution in [0.1, 0.15) is 57.6 Å². The molecule has 4 heteroatoms. The molecule has 1 aliphatic carbocycles. The maximum absolute atomic E-state index is 11.2. The summed E-state index contributed by atoms with van der Waals surface area (Å²) in [5.74, 6) is 0.239. The van der Waals surface area contributed by atoms with Gasteiger partial charge in [-0.1, -0.05) is 25.0 Å². The minimum Gasteiger partial charge on any atom is -0.389 e. The van der Waals surface area contributed by atoms with Crippen LogP contribution in [-0.2, 0) is 0 Å². The fourth-order valence-electron chi connectivity index (χ4n) is 4.92. The van der Waals surface area contributed by atoms with E-state index in [-0.39, 0.29) is 12.0 Å². The molecule has 1 aromatic rings. The van der Waals surface area contributed by atoms with E-state index in [4.69, 9.17) is 0 Å². The van der Waals surface area contributed by atoms with Crippen LogP contribution in [0.15, 0.2) is 24.3 Å². The van der Waals surface area contributed by atoms with Crippen molar-refractivity contribution in [3.05, 3.63) is 29.8 Å². The van der Waals surface area contributed by atoms with Crippen LogP contribution in [0.5, 0.6) is 0 Å². The molecular formula is C21H31N3O. The molecule has 0 radical (unpaired) electrons. The molecule has 1 N–H and O–H groups in total. The quantitative estimate of drug-likeness (QED) is 0.829. The lowest BCUT2D eigenvalue weighted by Crippen LogP contribution is -2.54. The average molecular weight is 341 g/mol. The highest BCUT2D eigenvalue weighted by atomic mass is 16.3. The number of nitriles is 1. The Morgan fingerprint density at radius 3 is 2.56 bits per heavy atom. The van der Waals surface area contributed by atoms with Crippen molar-refractivity contribution in [2.75, 3.05) is 31.1 Å². The van der Waals surface area contributed by atoms with E-state index in [1.165, 1.54) is 17.7 Å². The van der Waals surface area contributed by atoms with Gasteiger partial charge in [-0.15, -0.1) is 0 Å². The van der Waals surface area contributed by atoms with E-state index >= 15 is 0 Å². The van der Waals surface area contributed by atoms with Gasteiger partial charge in [0.25, 0.3) is 0 Å². The number of hydrogen-bond donors (Lipinski definition) is 1. The molecule has 0 aromatic heterocycles. The van der Waals surface area contributed by atoms with Crippen LogP contribution in [0.4, 0.5) is 5.69 Å². The highest BCUT2D eigenvalue weighted by Gasteiger charge is 2.48. The van der Waals surface area contributed by atoms with Gasteiger partial charge in [-0.3, -0.25) is 4.90 Å². The van der Waals surface area contributed by atoms with Gasteiger partial charge >= 0.3 is 0 Å². The molecule has 2 fully saturated rings. The first-order chi connectivity index (χ1) is 12.1. The summed E-state index contributed by atoms with van der Waals surface area (Å²) in [6, 6.07) is 11.3. The lowest BCUT2D eigenvalue weighted by molar-refractivity contribution is -0.121. The third kappa shape index (κ3) is 3.54. The summed E-state index contributed by atoms with van der Waals surface area (Å²) in [5.41, 5.74) is 1.94. The first kappa shape index (κ1) is 18.2. The molecular weight excluding hydrogens is 310 g/mol. The fraction of sp³-hybridized carbons (Fsp3) is 0.667. The van der Waals surface area contributed by atoms with Crippen molar-refractivity contribution in [2.45, 2.75) is 57.6 Å². The van der Waals surface area contributed by atoms with Gasteiger partial charge in [0.1, 0.15) is 0 Å². The first-order valence-electron chi connectivity index (χ1n) is 9.81. The minimum atomic E-state index is -0.549. The Bertz CT molecular complexity index is 605. The Morgan fingerprint density at radius 1 is 1.20 bits per heavy atom. The maximum Gasteiger partial charge on any atom is 0.0871 e. The standard InChI is InChI=1S/C21H31N3O/c1-3-23(4-2)18-10-8-17(9-11-18)20-19-7-5-6-12-21(19,25)13-15-24(20)16-14-22/h8-11,19-20,25H,3-7,12-13,15-16H2,1-2H3/t19-,20+,21-/m0/s1. The molecule has 136 valence electrons. The molecule has 0 spiro atoms. The van der Waals surface area contributed by atoms with E-state index in [0.29, 0.717) is 6.54 Å². The Hall–Kier alpha value is -1.57. The molecule has 3 atom stereocenters. The Kier molecular flexibility index (Phi) is 5.66. The number of hydrogen-bond acceptors (Lipinski definition) is 4. The molecule has 1 saturated heterocycles. The minimum absolute atomic E-state index is 0.157. The van der Waals surface area contributed by atoms with Crippen LogP contribution in [0.3, 0.4) is 0 Å². The lowest BCUT2D eigenvalue weighted by Gasteiger charge is -2.52. The van der Waals surface area contributed by atoms with Gasteiger partial charge in [0.2, 0.25) is 0 Å². The monoisotopic (exact) mass is 341 g/mol. The number of anilines is 1. The number of rotatable bonds is 5. The lowest BCUT2D eigenvalue weighted by atomic mass is 9.66. The zero-order chi connectivity index (χ0) is 17.9. The highest BCUT2D eigenvalue weighted by molar-refractivity contribution is 5.48. The summed E-state index contributed by atoms with van der Waals surface area (Å²) in [7, 11) is 0. The normalized spacial score (nSPS) is 29.7. The summed E-state index contributed by atoms with van der Waals surface area (Å²) in [6.45, 7) is 7.60. The van der Waals surface area contributed by atoms with E-state index in [9.17, 15) is 10.4 Å². The van der Waals surface area contributed by atoms with E-state index in [1.807, 2.05) is 0 Å². The Morgan fingerprint density at radius 2 is 1.92 bits per heavy atom. The third-order valence-electron chi connectivity index (χ3n) is 6.31. The summed E-state index contributed by atoms with van der Waals surface area (Å²) in [4.78, 5) is 4.62. The second-order valence-corrected chi connectivity index (χ2v) is 7.54. The highest BCUT2D eigenvalue weighted by Crippen LogP contribution is 2.49. The number of fused-ring (bicyclic) bond motifs is 1. The van der Waals surface area contributed by atoms with Crippen molar-refractivity contribution < 1.29 is 5.11 Å². The molecule has 4 nitrogen and oxygen atoms in total. The zero-order valence-electron chi connectivity index (χ0n) is 15.6. The van der Waals surface area contributed by atoms with Crippen molar-refractivity contribution in [1.29, 1.82) is 5.26 Å². The first-order valence-corrected chi connectivity index (χ1v) is 9.81. The van der Waals surface area contributed by atoms with E-state index in [1.54, 1.807) is 0 Å².